The first-order valence-electron chi connectivity index (χ1n) is 7.32. The minimum absolute atomic E-state index is 0.474. The number of ether oxygens (including phenoxy) is 2. The molecule has 7 heteroatoms. The lowest BCUT2D eigenvalue weighted by molar-refractivity contribution is 0.0635. The second kappa shape index (κ2) is 7.19. The van der Waals surface area contributed by atoms with Crippen LogP contribution in [-0.2, 0) is 15.2 Å². The van der Waals surface area contributed by atoms with E-state index in [0.29, 0.717) is 24.8 Å². The van der Waals surface area contributed by atoms with E-state index >= 15 is 0 Å². The van der Waals surface area contributed by atoms with Crippen LogP contribution in [0.15, 0.2) is 12.1 Å². The molecule has 2 heterocycles. The summed E-state index contributed by atoms with van der Waals surface area (Å²) in [6.45, 7) is 8.51. The van der Waals surface area contributed by atoms with Crippen molar-refractivity contribution in [3.8, 4) is 0 Å². The summed E-state index contributed by atoms with van der Waals surface area (Å²) in [5, 5.41) is 2.69. The lowest BCUT2D eigenvalue weighted by atomic mass is 10.2. The Hall–Kier alpha value is -1.47. The molecule has 6 nitrogen and oxygen atoms in total. The number of nitrogens with zero attached hydrogens (tertiary/aromatic N) is 2. The number of rotatable bonds is 3. The minimum atomic E-state index is -0.543. The number of hydrogen-bond donors (Lipinski definition) is 2. The number of amides is 1. The van der Waals surface area contributed by atoms with Crippen LogP contribution in [0, 0.1) is 0 Å². The van der Waals surface area contributed by atoms with E-state index in [1.54, 1.807) is 0 Å². The standard InChI is InChI=1S/C15H23N3O3S/c1-15(2,3)21-14(19)17-13-9-12(8-11(10-22)16-13)18-4-6-20-7-5-18/h8-9,22H,4-7,10H2,1-3H3,(H,16,17,19). The largest absolute Gasteiger partial charge is 0.444 e. The van der Waals surface area contributed by atoms with Crippen molar-refractivity contribution in [2.45, 2.75) is 32.1 Å². The first-order valence-corrected chi connectivity index (χ1v) is 7.95. The van der Waals surface area contributed by atoms with Gasteiger partial charge < -0.3 is 14.4 Å². The van der Waals surface area contributed by atoms with Crippen molar-refractivity contribution in [3.05, 3.63) is 17.8 Å². The highest BCUT2D eigenvalue weighted by Crippen LogP contribution is 2.22. The highest BCUT2D eigenvalue weighted by atomic mass is 32.1. The highest BCUT2D eigenvalue weighted by molar-refractivity contribution is 7.79. The van der Waals surface area contributed by atoms with Crippen molar-refractivity contribution in [3.63, 3.8) is 0 Å². The molecule has 1 aromatic heterocycles. The number of aromatic nitrogens is 1. The minimum Gasteiger partial charge on any atom is -0.444 e. The molecule has 0 unspecified atom stereocenters. The molecule has 22 heavy (non-hydrogen) atoms. The van der Waals surface area contributed by atoms with Gasteiger partial charge in [-0.1, -0.05) is 0 Å². The van der Waals surface area contributed by atoms with Gasteiger partial charge in [-0.3, -0.25) is 5.32 Å². The molecular weight excluding hydrogens is 302 g/mol. The summed E-state index contributed by atoms with van der Waals surface area (Å²) >= 11 is 4.28. The predicted octanol–water partition coefficient (Wildman–Crippen LogP) is 2.70. The number of morpholine rings is 1. The van der Waals surface area contributed by atoms with Crippen LogP contribution in [0.25, 0.3) is 0 Å². The Bertz CT molecular complexity index is 525. The maximum Gasteiger partial charge on any atom is 0.413 e. The fourth-order valence-electron chi connectivity index (χ4n) is 2.13. The zero-order valence-corrected chi connectivity index (χ0v) is 14.2. The Labute approximate surface area is 136 Å². The molecule has 0 radical (unpaired) electrons. The molecule has 1 N–H and O–H groups in total. The molecule has 1 aliphatic heterocycles. The van der Waals surface area contributed by atoms with E-state index < -0.39 is 11.7 Å². The molecule has 2 rings (SSSR count). The maximum absolute atomic E-state index is 11.9. The van der Waals surface area contributed by atoms with Crippen LogP contribution in [-0.4, -0.2) is 43.0 Å². The number of hydrogen-bond acceptors (Lipinski definition) is 6. The Morgan fingerprint density at radius 3 is 2.68 bits per heavy atom. The highest BCUT2D eigenvalue weighted by Gasteiger charge is 2.18. The number of anilines is 2. The van der Waals surface area contributed by atoms with E-state index in [1.807, 2.05) is 32.9 Å². The smallest absolute Gasteiger partial charge is 0.413 e. The molecule has 1 saturated heterocycles. The van der Waals surface area contributed by atoms with Crippen molar-refractivity contribution in [1.29, 1.82) is 0 Å². The van der Waals surface area contributed by atoms with Crippen LogP contribution >= 0.6 is 12.6 Å². The summed E-state index contributed by atoms with van der Waals surface area (Å²) in [5.74, 6) is 0.976. The average molecular weight is 325 g/mol. The number of pyridine rings is 1. The van der Waals surface area contributed by atoms with Gasteiger partial charge in [-0.2, -0.15) is 12.6 Å². The van der Waals surface area contributed by atoms with Gasteiger partial charge in [0.25, 0.3) is 0 Å². The maximum atomic E-state index is 11.9. The first-order chi connectivity index (χ1) is 10.4. The van der Waals surface area contributed by atoms with Gasteiger partial charge in [0.1, 0.15) is 11.4 Å². The van der Waals surface area contributed by atoms with Crippen molar-refractivity contribution < 1.29 is 14.3 Å². The van der Waals surface area contributed by atoms with E-state index in [0.717, 1.165) is 24.5 Å². The third kappa shape index (κ3) is 5.06. The summed E-state index contributed by atoms with van der Waals surface area (Å²) in [4.78, 5) is 18.5. The SMILES string of the molecule is CC(C)(C)OC(=O)Nc1cc(N2CCOCC2)cc(CS)n1. The van der Waals surface area contributed by atoms with E-state index in [9.17, 15) is 4.79 Å². The summed E-state index contributed by atoms with van der Waals surface area (Å²) in [5.41, 5.74) is 1.27. The van der Waals surface area contributed by atoms with Crippen molar-refractivity contribution in [2.24, 2.45) is 0 Å². The zero-order valence-electron chi connectivity index (χ0n) is 13.3. The molecule has 1 amide bonds. The molecule has 1 aliphatic rings. The van der Waals surface area contributed by atoms with Crippen LogP contribution in [0.1, 0.15) is 26.5 Å². The van der Waals surface area contributed by atoms with Gasteiger partial charge in [0.05, 0.1) is 18.9 Å². The Morgan fingerprint density at radius 1 is 1.41 bits per heavy atom. The van der Waals surface area contributed by atoms with Gasteiger partial charge in [0.15, 0.2) is 0 Å². The van der Waals surface area contributed by atoms with Gasteiger partial charge in [-0.25, -0.2) is 9.78 Å². The molecule has 1 fully saturated rings. The fraction of sp³-hybridized carbons (Fsp3) is 0.600. The normalized spacial score (nSPS) is 15.5. The topological polar surface area (TPSA) is 63.7 Å². The van der Waals surface area contributed by atoms with Gasteiger partial charge in [0, 0.05) is 30.6 Å². The van der Waals surface area contributed by atoms with Crippen LogP contribution in [0.4, 0.5) is 16.3 Å². The van der Waals surface area contributed by atoms with Crippen molar-refractivity contribution in [2.75, 3.05) is 36.5 Å². The second-order valence-corrected chi connectivity index (χ2v) is 6.40. The molecule has 0 aromatic carbocycles. The summed E-state index contributed by atoms with van der Waals surface area (Å²) in [6.07, 6.45) is -0.510. The number of carbonyl (C=O) groups is 1. The second-order valence-electron chi connectivity index (χ2n) is 6.09. The van der Waals surface area contributed by atoms with Gasteiger partial charge in [0.2, 0.25) is 0 Å². The molecule has 0 aliphatic carbocycles. The molecular formula is C15H23N3O3S. The fourth-order valence-corrected chi connectivity index (χ4v) is 2.29. The monoisotopic (exact) mass is 325 g/mol. The third-order valence-corrected chi connectivity index (χ3v) is 3.35. The third-order valence-electron chi connectivity index (χ3n) is 3.03. The quantitative estimate of drug-likeness (QED) is 0.837. The molecule has 0 bridgehead atoms. The lowest BCUT2D eigenvalue weighted by Gasteiger charge is -2.29. The Morgan fingerprint density at radius 2 is 2.09 bits per heavy atom. The van der Waals surface area contributed by atoms with E-state index in [4.69, 9.17) is 9.47 Å². The molecule has 0 saturated carbocycles. The predicted molar refractivity (Wildman–Crippen MR) is 89.8 cm³/mol. The van der Waals surface area contributed by atoms with Crippen LogP contribution < -0.4 is 10.2 Å². The van der Waals surface area contributed by atoms with E-state index in [-0.39, 0.29) is 0 Å². The first kappa shape index (κ1) is 16.9. The van der Waals surface area contributed by atoms with Crippen LogP contribution in [0.3, 0.4) is 0 Å². The van der Waals surface area contributed by atoms with Crippen molar-refractivity contribution >= 4 is 30.2 Å². The molecule has 0 atom stereocenters. The number of thiol groups is 1. The number of nitrogens with one attached hydrogen (secondary N) is 1. The van der Waals surface area contributed by atoms with Gasteiger partial charge >= 0.3 is 6.09 Å². The van der Waals surface area contributed by atoms with E-state index in [2.05, 4.69) is 27.8 Å². The molecule has 1 aromatic rings. The van der Waals surface area contributed by atoms with Crippen LogP contribution in [0.5, 0.6) is 0 Å². The van der Waals surface area contributed by atoms with Crippen LogP contribution in [0.2, 0.25) is 0 Å². The Kier molecular flexibility index (Phi) is 5.52. The number of carbonyl (C=O) groups excluding carboxylic acids is 1. The van der Waals surface area contributed by atoms with Gasteiger partial charge in [-0.05, 0) is 26.8 Å². The average Bonchev–Trinajstić information content (AvgIpc) is 2.45. The molecule has 122 valence electrons. The molecule has 0 spiro atoms. The summed E-state index contributed by atoms with van der Waals surface area (Å²) in [6, 6.07) is 3.83. The summed E-state index contributed by atoms with van der Waals surface area (Å²) < 4.78 is 10.6. The Balaban J connectivity index is 2.14. The van der Waals surface area contributed by atoms with Gasteiger partial charge in [-0.15, -0.1) is 0 Å². The lowest BCUT2D eigenvalue weighted by Crippen LogP contribution is -2.36. The van der Waals surface area contributed by atoms with E-state index in [1.165, 1.54) is 0 Å². The summed E-state index contributed by atoms with van der Waals surface area (Å²) in [7, 11) is 0. The van der Waals surface area contributed by atoms with Crippen molar-refractivity contribution in [1.82, 2.24) is 4.98 Å². The zero-order chi connectivity index (χ0) is 16.2.